The predicted molar refractivity (Wildman–Crippen MR) is 103 cm³/mol. The molecule has 0 aromatic heterocycles. The standard InChI is InChI=1S/C19H31N3S/c1-3-22(4-2)18(16-11-7-5-8-12-16)15-20-19(23)21-17-13-9-6-10-14-17/h5,7-8,11-12,17-18H,3-4,6,9-10,13-15H2,1-2H3,(H2,20,21,23)/t18-/m0/s1. The maximum atomic E-state index is 5.52. The molecule has 0 spiro atoms. The van der Waals surface area contributed by atoms with Gasteiger partial charge in [-0.05, 0) is 43.7 Å². The van der Waals surface area contributed by atoms with Crippen LogP contribution in [0.2, 0.25) is 0 Å². The van der Waals surface area contributed by atoms with Gasteiger partial charge in [-0.3, -0.25) is 4.90 Å². The molecule has 3 nitrogen and oxygen atoms in total. The van der Waals surface area contributed by atoms with Gasteiger partial charge in [-0.2, -0.15) is 0 Å². The van der Waals surface area contributed by atoms with Crippen LogP contribution in [0.4, 0.5) is 0 Å². The molecule has 1 aromatic rings. The summed E-state index contributed by atoms with van der Waals surface area (Å²) < 4.78 is 0. The van der Waals surface area contributed by atoms with Gasteiger partial charge < -0.3 is 10.6 Å². The number of hydrogen-bond donors (Lipinski definition) is 2. The molecule has 4 heteroatoms. The van der Waals surface area contributed by atoms with Gasteiger partial charge in [0.25, 0.3) is 0 Å². The monoisotopic (exact) mass is 333 g/mol. The van der Waals surface area contributed by atoms with Crippen LogP contribution >= 0.6 is 12.2 Å². The number of rotatable bonds is 7. The molecule has 0 heterocycles. The van der Waals surface area contributed by atoms with E-state index in [1.54, 1.807) is 0 Å². The molecule has 1 fully saturated rings. The maximum absolute atomic E-state index is 5.52. The lowest BCUT2D eigenvalue weighted by atomic mass is 9.96. The van der Waals surface area contributed by atoms with E-state index in [0.717, 1.165) is 24.7 Å². The van der Waals surface area contributed by atoms with Crippen LogP contribution in [0.1, 0.15) is 57.6 Å². The van der Waals surface area contributed by atoms with Gasteiger partial charge in [-0.1, -0.05) is 63.4 Å². The third-order valence-electron chi connectivity index (χ3n) is 4.83. The van der Waals surface area contributed by atoms with E-state index in [1.807, 2.05) is 0 Å². The second kappa shape index (κ2) is 9.89. The molecule has 1 atom stereocenters. The summed E-state index contributed by atoms with van der Waals surface area (Å²) >= 11 is 5.52. The summed E-state index contributed by atoms with van der Waals surface area (Å²) in [5.74, 6) is 0. The lowest BCUT2D eigenvalue weighted by Gasteiger charge is -2.31. The molecule has 1 saturated carbocycles. The minimum absolute atomic E-state index is 0.359. The fraction of sp³-hybridized carbons (Fsp3) is 0.632. The van der Waals surface area contributed by atoms with Gasteiger partial charge >= 0.3 is 0 Å². The van der Waals surface area contributed by atoms with Crippen molar-refractivity contribution in [1.82, 2.24) is 15.5 Å². The summed E-state index contributed by atoms with van der Waals surface area (Å²) in [5.41, 5.74) is 1.35. The molecular formula is C19H31N3S. The zero-order valence-electron chi connectivity index (χ0n) is 14.6. The molecule has 2 rings (SSSR count). The Kier molecular flexibility index (Phi) is 7.83. The van der Waals surface area contributed by atoms with Crippen molar-refractivity contribution in [2.45, 2.75) is 58.0 Å². The quantitative estimate of drug-likeness (QED) is 0.741. The van der Waals surface area contributed by atoms with E-state index in [9.17, 15) is 0 Å². The predicted octanol–water partition coefficient (Wildman–Crippen LogP) is 3.87. The van der Waals surface area contributed by atoms with Crippen molar-refractivity contribution < 1.29 is 0 Å². The molecule has 0 saturated heterocycles. The minimum atomic E-state index is 0.359. The van der Waals surface area contributed by atoms with Crippen LogP contribution in [0, 0.1) is 0 Å². The average Bonchev–Trinajstić information content (AvgIpc) is 2.60. The molecule has 1 aliphatic carbocycles. The summed E-state index contributed by atoms with van der Waals surface area (Å²) in [7, 11) is 0. The molecule has 0 amide bonds. The van der Waals surface area contributed by atoms with Crippen LogP contribution in [-0.4, -0.2) is 35.7 Å². The Labute approximate surface area is 146 Å². The maximum Gasteiger partial charge on any atom is 0.166 e. The van der Waals surface area contributed by atoms with E-state index in [4.69, 9.17) is 12.2 Å². The van der Waals surface area contributed by atoms with E-state index in [1.165, 1.54) is 37.7 Å². The topological polar surface area (TPSA) is 27.3 Å². The lowest BCUT2D eigenvalue weighted by Crippen LogP contribution is -2.46. The number of likely N-dealkylation sites (N-methyl/N-ethyl adjacent to an activating group) is 1. The van der Waals surface area contributed by atoms with Crippen molar-refractivity contribution in [3.63, 3.8) is 0 Å². The molecule has 0 aliphatic heterocycles. The smallest absolute Gasteiger partial charge is 0.166 e. The molecule has 1 aliphatic rings. The fourth-order valence-electron chi connectivity index (χ4n) is 3.47. The zero-order valence-corrected chi connectivity index (χ0v) is 15.4. The molecule has 0 unspecified atom stereocenters. The van der Waals surface area contributed by atoms with Crippen LogP contribution < -0.4 is 10.6 Å². The SMILES string of the molecule is CCN(CC)[C@@H](CNC(=S)NC1CCCCC1)c1ccccc1. The van der Waals surface area contributed by atoms with Gasteiger partial charge in [-0.25, -0.2) is 0 Å². The van der Waals surface area contributed by atoms with Crippen molar-refractivity contribution in [2.75, 3.05) is 19.6 Å². The third kappa shape index (κ3) is 5.78. The summed E-state index contributed by atoms with van der Waals surface area (Å²) in [4.78, 5) is 2.48. The van der Waals surface area contributed by atoms with Crippen LogP contribution in [0.5, 0.6) is 0 Å². The first kappa shape index (κ1) is 18.2. The van der Waals surface area contributed by atoms with Crippen molar-refractivity contribution >= 4 is 17.3 Å². The van der Waals surface area contributed by atoms with Crippen LogP contribution in [0.3, 0.4) is 0 Å². The largest absolute Gasteiger partial charge is 0.361 e. The first-order valence-electron chi connectivity index (χ1n) is 9.08. The third-order valence-corrected chi connectivity index (χ3v) is 5.10. The fourth-order valence-corrected chi connectivity index (χ4v) is 3.72. The van der Waals surface area contributed by atoms with Crippen LogP contribution in [0.15, 0.2) is 30.3 Å². The Morgan fingerprint density at radius 3 is 2.39 bits per heavy atom. The highest BCUT2D eigenvalue weighted by Gasteiger charge is 2.19. The Balaban J connectivity index is 1.91. The molecule has 2 N–H and O–H groups in total. The summed E-state index contributed by atoms with van der Waals surface area (Å²) in [6.07, 6.45) is 6.52. The second-order valence-corrected chi connectivity index (χ2v) is 6.75. The molecule has 128 valence electrons. The Hall–Kier alpha value is -1.13. The molecule has 23 heavy (non-hydrogen) atoms. The van der Waals surface area contributed by atoms with E-state index in [2.05, 4.69) is 59.7 Å². The summed E-state index contributed by atoms with van der Waals surface area (Å²) in [6, 6.07) is 11.6. The van der Waals surface area contributed by atoms with E-state index in [0.29, 0.717) is 12.1 Å². The van der Waals surface area contributed by atoms with Gasteiger partial charge in [0.15, 0.2) is 5.11 Å². The van der Waals surface area contributed by atoms with Crippen molar-refractivity contribution in [3.05, 3.63) is 35.9 Å². The van der Waals surface area contributed by atoms with E-state index >= 15 is 0 Å². The van der Waals surface area contributed by atoms with Crippen molar-refractivity contribution in [1.29, 1.82) is 0 Å². The zero-order chi connectivity index (χ0) is 16.5. The number of thiocarbonyl (C=S) groups is 1. The normalized spacial score (nSPS) is 17.0. The molecule has 0 bridgehead atoms. The second-order valence-electron chi connectivity index (χ2n) is 6.34. The van der Waals surface area contributed by atoms with Gasteiger partial charge in [0.05, 0.1) is 6.04 Å². The van der Waals surface area contributed by atoms with Gasteiger partial charge in [0.2, 0.25) is 0 Å². The molecule has 1 aromatic carbocycles. The number of hydrogen-bond acceptors (Lipinski definition) is 2. The average molecular weight is 334 g/mol. The first-order valence-corrected chi connectivity index (χ1v) is 9.48. The van der Waals surface area contributed by atoms with Gasteiger partial charge in [0.1, 0.15) is 0 Å². The first-order chi connectivity index (χ1) is 11.2. The van der Waals surface area contributed by atoms with E-state index < -0.39 is 0 Å². The number of nitrogens with zero attached hydrogens (tertiary/aromatic N) is 1. The van der Waals surface area contributed by atoms with E-state index in [-0.39, 0.29) is 0 Å². The van der Waals surface area contributed by atoms with Gasteiger partial charge in [0, 0.05) is 12.6 Å². The molecule has 0 radical (unpaired) electrons. The van der Waals surface area contributed by atoms with Gasteiger partial charge in [-0.15, -0.1) is 0 Å². The lowest BCUT2D eigenvalue weighted by molar-refractivity contribution is 0.219. The van der Waals surface area contributed by atoms with Crippen molar-refractivity contribution in [3.8, 4) is 0 Å². The summed E-state index contributed by atoms with van der Waals surface area (Å²) in [6.45, 7) is 7.38. The van der Waals surface area contributed by atoms with Crippen LogP contribution in [-0.2, 0) is 0 Å². The molecular weight excluding hydrogens is 302 g/mol. The number of benzene rings is 1. The minimum Gasteiger partial charge on any atom is -0.361 e. The number of nitrogens with one attached hydrogen (secondary N) is 2. The highest BCUT2D eigenvalue weighted by Crippen LogP contribution is 2.20. The highest BCUT2D eigenvalue weighted by atomic mass is 32.1. The Morgan fingerprint density at radius 2 is 1.78 bits per heavy atom. The highest BCUT2D eigenvalue weighted by molar-refractivity contribution is 7.80. The Bertz CT molecular complexity index is 453. The van der Waals surface area contributed by atoms with Crippen molar-refractivity contribution in [2.24, 2.45) is 0 Å². The Morgan fingerprint density at radius 1 is 1.13 bits per heavy atom. The summed E-state index contributed by atoms with van der Waals surface area (Å²) in [5, 5.41) is 7.77. The van der Waals surface area contributed by atoms with Crippen LogP contribution in [0.25, 0.3) is 0 Å².